The summed E-state index contributed by atoms with van der Waals surface area (Å²) in [6, 6.07) is 0. The van der Waals surface area contributed by atoms with Gasteiger partial charge in [0.1, 0.15) is 5.78 Å². The Bertz CT molecular complexity index is 678. The fraction of sp³-hybridized carbons (Fsp3) is 0.968. The highest BCUT2D eigenvalue weighted by molar-refractivity contribution is 5.87. The van der Waals surface area contributed by atoms with Gasteiger partial charge in [0.25, 0.3) is 0 Å². The fourth-order valence-electron chi connectivity index (χ4n) is 9.14. The summed E-state index contributed by atoms with van der Waals surface area (Å²) in [5.74, 6) is 3.37. The summed E-state index contributed by atoms with van der Waals surface area (Å²) >= 11 is 0. The minimum absolute atomic E-state index is 0.0151. The molecule has 0 aromatic rings. The van der Waals surface area contributed by atoms with E-state index in [1.165, 1.54) is 83.5 Å². The summed E-state index contributed by atoms with van der Waals surface area (Å²) in [6.07, 6.45) is 22.3. The average molecular weight is 474 g/mol. The van der Waals surface area contributed by atoms with E-state index in [2.05, 4.69) is 26.1 Å². The first-order valence-electron chi connectivity index (χ1n) is 15.3. The Balaban J connectivity index is 1.18. The summed E-state index contributed by atoms with van der Waals surface area (Å²) < 4.78 is 0. The molecular weight excluding hydrogens is 418 g/mol. The second-order valence-corrected chi connectivity index (χ2v) is 13.5. The van der Waals surface area contributed by atoms with Crippen LogP contribution in [0.2, 0.25) is 0 Å². The number of unbranched alkanes of at least 4 members (excludes halogenated alkanes) is 8. The molecule has 0 bridgehead atoms. The van der Waals surface area contributed by atoms with Gasteiger partial charge in [-0.2, -0.15) is 0 Å². The fourth-order valence-corrected chi connectivity index (χ4v) is 9.14. The van der Waals surface area contributed by atoms with E-state index in [1.54, 1.807) is 0 Å². The van der Waals surface area contributed by atoms with Gasteiger partial charge in [-0.15, -0.1) is 0 Å². The maximum Gasteiger partial charge on any atom is 0.139 e. The lowest BCUT2D eigenvalue weighted by atomic mass is 9.44. The zero-order valence-electron chi connectivity index (χ0n) is 22.8. The molecule has 34 heavy (non-hydrogen) atoms. The van der Waals surface area contributed by atoms with Crippen LogP contribution in [0.3, 0.4) is 0 Å². The number of hydrogen-bond acceptors (Lipinski definition) is 3. The van der Waals surface area contributed by atoms with Crippen LogP contribution in [-0.2, 0) is 4.79 Å². The second-order valence-electron chi connectivity index (χ2n) is 13.5. The SMILES string of the molecule is CCCCCCCCCCCNC[C@@]1(O)CC[C@@]2(C)[C@@H](CC[C@@H]3[C@@H]2CC[C@]2(C)C(=O)CC[C@@H]32)C1. The lowest BCUT2D eigenvalue weighted by molar-refractivity contribution is -0.153. The van der Waals surface area contributed by atoms with Gasteiger partial charge in [0.2, 0.25) is 0 Å². The van der Waals surface area contributed by atoms with Gasteiger partial charge in [0.05, 0.1) is 5.60 Å². The molecule has 0 radical (unpaired) electrons. The van der Waals surface area contributed by atoms with Crippen molar-refractivity contribution in [1.82, 2.24) is 5.32 Å². The Hall–Kier alpha value is -0.410. The number of ketones is 1. The molecule has 0 aliphatic heterocycles. The number of nitrogens with one attached hydrogen (secondary N) is 1. The van der Waals surface area contributed by atoms with E-state index in [0.717, 1.165) is 57.0 Å². The first-order chi connectivity index (χ1) is 16.3. The van der Waals surface area contributed by atoms with Crippen molar-refractivity contribution in [2.45, 2.75) is 142 Å². The van der Waals surface area contributed by atoms with Gasteiger partial charge in [-0.3, -0.25) is 4.79 Å². The molecule has 2 N–H and O–H groups in total. The molecule has 0 unspecified atom stereocenters. The normalized spacial score (nSPS) is 41.7. The van der Waals surface area contributed by atoms with Crippen LogP contribution >= 0.6 is 0 Å². The van der Waals surface area contributed by atoms with Gasteiger partial charge >= 0.3 is 0 Å². The van der Waals surface area contributed by atoms with E-state index in [4.69, 9.17) is 0 Å². The van der Waals surface area contributed by atoms with Crippen molar-refractivity contribution in [2.24, 2.45) is 34.5 Å². The van der Waals surface area contributed by atoms with Crippen molar-refractivity contribution in [3.8, 4) is 0 Å². The highest BCUT2D eigenvalue weighted by atomic mass is 16.3. The van der Waals surface area contributed by atoms with E-state index in [9.17, 15) is 9.90 Å². The van der Waals surface area contributed by atoms with Gasteiger partial charge in [0, 0.05) is 18.4 Å². The monoisotopic (exact) mass is 473 g/mol. The molecule has 0 aromatic heterocycles. The van der Waals surface area contributed by atoms with E-state index >= 15 is 0 Å². The van der Waals surface area contributed by atoms with Crippen molar-refractivity contribution in [3.63, 3.8) is 0 Å². The van der Waals surface area contributed by atoms with Gasteiger partial charge in [0.15, 0.2) is 0 Å². The third kappa shape index (κ3) is 5.46. The van der Waals surface area contributed by atoms with E-state index in [-0.39, 0.29) is 5.41 Å². The lowest BCUT2D eigenvalue weighted by Gasteiger charge is -2.61. The summed E-state index contributed by atoms with van der Waals surface area (Å²) in [6.45, 7) is 8.96. The van der Waals surface area contributed by atoms with Crippen LogP contribution in [0.15, 0.2) is 0 Å². The zero-order valence-corrected chi connectivity index (χ0v) is 22.8. The van der Waals surface area contributed by atoms with Crippen LogP contribution < -0.4 is 5.32 Å². The highest BCUT2D eigenvalue weighted by Gasteiger charge is 2.61. The number of rotatable bonds is 12. The average Bonchev–Trinajstić information content (AvgIpc) is 3.12. The van der Waals surface area contributed by atoms with Crippen LogP contribution in [-0.4, -0.2) is 29.6 Å². The minimum Gasteiger partial charge on any atom is -0.389 e. The van der Waals surface area contributed by atoms with E-state index in [1.807, 2.05) is 0 Å². The molecule has 4 aliphatic rings. The van der Waals surface area contributed by atoms with Crippen molar-refractivity contribution in [2.75, 3.05) is 13.1 Å². The Morgan fingerprint density at radius 1 is 0.853 bits per heavy atom. The Labute approximate surface area is 210 Å². The molecule has 0 saturated heterocycles. The summed E-state index contributed by atoms with van der Waals surface area (Å²) in [7, 11) is 0. The van der Waals surface area contributed by atoms with Gasteiger partial charge < -0.3 is 10.4 Å². The van der Waals surface area contributed by atoms with Crippen LogP contribution in [0.4, 0.5) is 0 Å². The summed E-state index contributed by atoms with van der Waals surface area (Å²) in [4.78, 5) is 12.7. The number of hydrogen-bond donors (Lipinski definition) is 2. The van der Waals surface area contributed by atoms with Crippen LogP contribution in [0.1, 0.15) is 136 Å². The van der Waals surface area contributed by atoms with Crippen LogP contribution in [0, 0.1) is 34.5 Å². The molecule has 196 valence electrons. The molecule has 3 nitrogen and oxygen atoms in total. The predicted molar refractivity (Wildman–Crippen MR) is 142 cm³/mol. The Morgan fingerprint density at radius 3 is 2.29 bits per heavy atom. The van der Waals surface area contributed by atoms with E-state index in [0.29, 0.717) is 23.0 Å². The minimum atomic E-state index is -0.511. The molecular formula is C31H55NO2. The molecule has 4 fully saturated rings. The second kappa shape index (κ2) is 11.3. The quantitative estimate of drug-likeness (QED) is 0.289. The largest absolute Gasteiger partial charge is 0.389 e. The van der Waals surface area contributed by atoms with E-state index < -0.39 is 5.60 Å². The lowest BCUT2D eigenvalue weighted by Crippen LogP contribution is -2.57. The highest BCUT2D eigenvalue weighted by Crippen LogP contribution is 2.66. The smallest absolute Gasteiger partial charge is 0.139 e. The van der Waals surface area contributed by atoms with Crippen LogP contribution in [0.5, 0.6) is 0 Å². The first kappa shape index (κ1) is 26.6. The maximum absolute atomic E-state index is 12.7. The molecule has 3 heteroatoms. The molecule has 4 saturated carbocycles. The first-order valence-corrected chi connectivity index (χ1v) is 15.3. The molecule has 4 aliphatic carbocycles. The number of carbonyl (C=O) groups is 1. The third-order valence-electron chi connectivity index (χ3n) is 11.4. The zero-order chi connectivity index (χ0) is 24.2. The molecule has 7 atom stereocenters. The number of fused-ring (bicyclic) bond motifs is 5. The molecule has 0 aromatic carbocycles. The summed E-state index contributed by atoms with van der Waals surface area (Å²) in [5.41, 5.74) is -0.152. The van der Waals surface area contributed by atoms with Crippen LogP contribution in [0.25, 0.3) is 0 Å². The predicted octanol–water partition coefficient (Wildman–Crippen LogP) is 7.45. The van der Waals surface area contributed by atoms with Gasteiger partial charge in [-0.25, -0.2) is 0 Å². The Morgan fingerprint density at radius 2 is 1.56 bits per heavy atom. The standard InChI is InChI=1S/C31H55NO2/c1-4-5-6-7-8-9-10-11-12-21-32-23-31(34)20-19-29(2)24(22-31)13-14-25-26-15-16-28(33)30(26,3)18-17-27(25)29/h24-27,32,34H,4-23H2,1-3H3/t24-,25-,26-,27-,29-,30-,31+/m0/s1. The van der Waals surface area contributed by atoms with Gasteiger partial charge in [-0.1, -0.05) is 72.1 Å². The Kier molecular flexibility index (Phi) is 8.88. The molecule has 0 amide bonds. The molecule has 0 spiro atoms. The van der Waals surface area contributed by atoms with Crippen molar-refractivity contribution in [1.29, 1.82) is 0 Å². The summed E-state index contributed by atoms with van der Waals surface area (Å²) in [5, 5.41) is 15.1. The molecule has 0 heterocycles. The number of carbonyl (C=O) groups excluding carboxylic acids is 1. The maximum atomic E-state index is 12.7. The number of aliphatic hydroxyl groups is 1. The number of Topliss-reactive ketones (excluding diaryl/α,β-unsaturated/α-hetero) is 1. The van der Waals surface area contributed by atoms with Crippen molar-refractivity contribution < 1.29 is 9.90 Å². The van der Waals surface area contributed by atoms with Gasteiger partial charge in [-0.05, 0) is 93.4 Å². The molecule has 4 rings (SSSR count). The van der Waals surface area contributed by atoms with Crippen molar-refractivity contribution >= 4 is 5.78 Å². The third-order valence-corrected chi connectivity index (χ3v) is 11.4. The topological polar surface area (TPSA) is 49.3 Å². The van der Waals surface area contributed by atoms with Crippen molar-refractivity contribution in [3.05, 3.63) is 0 Å².